The average molecular weight is 1320 g/mol. The number of aliphatic hydroxyl groups excluding tert-OH is 2. The van der Waals surface area contributed by atoms with E-state index in [1.165, 1.54) is 437 Å². The summed E-state index contributed by atoms with van der Waals surface area (Å²) in [7, 11) is 0. The van der Waals surface area contributed by atoms with Gasteiger partial charge < -0.3 is 20.3 Å². The highest BCUT2D eigenvalue weighted by molar-refractivity contribution is 5.76. The maximum atomic E-state index is 12.6. The SMILES string of the molecule is CCCCCCCC/C=C\CCCCCCCCCCCC(=O)OCCCCCCCCCCCCCCCCCCCCCCCCCCCCCCCCCCCCCC(=O)NC(CO)C(O)/C=C/CCCCCCCCCCCCCCCCCCCCCCC. The quantitative estimate of drug-likeness (QED) is 0.0320. The third-order valence-corrected chi connectivity index (χ3v) is 20.7. The van der Waals surface area contributed by atoms with Crippen LogP contribution in [0, 0.1) is 0 Å². The van der Waals surface area contributed by atoms with E-state index in [0.29, 0.717) is 19.4 Å². The van der Waals surface area contributed by atoms with Gasteiger partial charge in [-0.05, 0) is 57.8 Å². The highest BCUT2D eigenvalue weighted by atomic mass is 16.5. The summed E-state index contributed by atoms with van der Waals surface area (Å²) in [5.41, 5.74) is 0. The molecule has 0 saturated carbocycles. The highest BCUT2D eigenvalue weighted by Crippen LogP contribution is 2.21. The molecule has 0 heterocycles. The summed E-state index contributed by atoms with van der Waals surface area (Å²) in [6.07, 6.45) is 109. The normalized spacial score (nSPS) is 12.5. The Balaban J connectivity index is 3.32. The molecule has 0 rings (SSSR count). The molecule has 0 radical (unpaired) electrons. The van der Waals surface area contributed by atoms with Crippen LogP contribution in [0.4, 0.5) is 0 Å². The van der Waals surface area contributed by atoms with Crippen LogP contribution in [0.2, 0.25) is 0 Å². The Hall–Kier alpha value is -1.66. The first-order valence-corrected chi connectivity index (χ1v) is 43.6. The lowest BCUT2D eigenvalue weighted by Crippen LogP contribution is -2.45. The third-order valence-electron chi connectivity index (χ3n) is 20.7. The Morgan fingerprint density at radius 2 is 0.500 bits per heavy atom. The molecule has 6 nitrogen and oxygen atoms in total. The number of unbranched alkanes of at least 4 members (excludes halogenated alkanes) is 70. The van der Waals surface area contributed by atoms with E-state index in [4.69, 9.17) is 4.74 Å². The van der Waals surface area contributed by atoms with Gasteiger partial charge in [0.1, 0.15) is 0 Å². The highest BCUT2D eigenvalue weighted by Gasteiger charge is 2.18. The molecule has 2 unspecified atom stereocenters. The van der Waals surface area contributed by atoms with E-state index in [1.807, 2.05) is 6.08 Å². The van der Waals surface area contributed by atoms with E-state index in [9.17, 15) is 19.8 Å². The molecule has 0 aliphatic heterocycles. The van der Waals surface area contributed by atoms with Gasteiger partial charge in [-0.2, -0.15) is 0 Å². The minimum Gasteiger partial charge on any atom is -0.466 e. The third kappa shape index (κ3) is 79.3. The standard InChI is InChI=1S/C88H171NO5/c1-3-5-7-9-11-13-15-17-19-21-23-24-38-41-45-48-52-56-60-64-68-72-76-80-86(91)85(84-90)89-87(92)81-77-73-69-65-61-57-53-49-46-42-39-36-34-32-30-28-26-25-27-29-31-33-35-37-40-43-47-51-55-59-63-67-71-75-79-83-94-88(93)82-78-74-70-66-62-58-54-50-44-22-20-18-16-14-12-10-8-6-4-2/h18,20,76,80,85-86,90-91H,3-17,19,21-75,77-79,81-84H2,1-2H3,(H,89,92)/b20-18-,80-76+. The fourth-order valence-electron chi connectivity index (χ4n) is 14.1. The second-order valence-electron chi connectivity index (χ2n) is 30.2. The lowest BCUT2D eigenvalue weighted by molar-refractivity contribution is -0.143. The number of carbonyl (C=O) groups is 2. The first-order chi connectivity index (χ1) is 46.5. The van der Waals surface area contributed by atoms with Crippen molar-refractivity contribution in [3.8, 4) is 0 Å². The van der Waals surface area contributed by atoms with Gasteiger partial charge in [0.25, 0.3) is 0 Å². The van der Waals surface area contributed by atoms with Gasteiger partial charge in [-0.25, -0.2) is 0 Å². The largest absolute Gasteiger partial charge is 0.466 e. The van der Waals surface area contributed by atoms with E-state index < -0.39 is 12.1 Å². The van der Waals surface area contributed by atoms with E-state index in [2.05, 4.69) is 31.3 Å². The number of aliphatic hydroxyl groups is 2. The topological polar surface area (TPSA) is 95.9 Å². The fourth-order valence-corrected chi connectivity index (χ4v) is 14.1. The van der Waals surface area contributed by atoms with Crippen LogP contribution >= 0.6 is 0 Å². The van der Waals surface area contributed by atoms with Crippen molar-refractivity contribution in [2.75, 3.05) is 13.2 Å². The lowest BCUT2D eigenvalue weighted by atomic mass is 10.0. The number of nitrogens with one attached hydrogen (secondary N) is 1. The van der Waals surface area contributed by atoms with E-state index in [-0.39, 0.29) is 18.5 Å². The van der Waals surface area contributed by atoms with Crippen LogP contribution in [0.15, 0.2) is 24.3 Å². The summed E-state index contributed by atoms with van der Waals surface area (Å²) < 4.78 is 5.52. The maximum Gasteiger partial charge on any atom is 0.305 e. The summed E-state index contributed by atoms with van der Waals surface area (Å²) in [6, 6.07) is -0.625. The van der Waals surface area contributed by atoms with Gasteiger partial charge in [0.2, 0.25) is 5.91 Å². The van der Waals surface area contributed by atoms with Crippen LogP contribution in [0.3, 0.4) is 0 Å². The zero-order valence-electron chi connectivity index (χ0n) is 64.2. The Labute approximate surface area is 590 Å². The van der Waals surface area contributed by atoms with E-state index in [1.54, 1.807) is 6.08 Å². The number of carbonyl (C=O) groups excluding carboxylic acids is 2. The van der Waals surface area contributed by atoms with E-state index >= 15 is 0 Å². The molecular weight excluding hydrogens is 1150 g/mol. The van der Waals surface area contributed by atoms with Crippen LogP contribution in [0.1, 0.15) is 502 Å². The van der Waals surface area contributed by atoms with Crippen molar-refractivity contribution in [1.82, 2.24) is 5.32 Å². The number of esters is 1. The summed E-state index contributed by atoms with van der Waals surface area (Å²) in [6.45, 7) is 4.96. The summed E-state index contributed by atoms with van der Waals surface area (Å²) in [5.74, 6) is -0.0337. The molecule has 2 atom stereocenters. The number of ether oxygens (including phenoxy) is 1. The van der Waals surface area contributed by atoms with Crippen molar-refractivity contribution in [2.24, 2.45) is 0 Å². The van der Waals surface area contributed by atoms with Crippen molar-refractivity contribution in [3.05, 3.63) is 24.3 Å². The Kier molecular flexibility index (Phi) is 82.3. The molecule has 0 saturated heterocycles. The maximum absolute atomic E-state index is 12.6. The number of amides is 1. The van der Waals surface area contributed by atoms with Crippen LogP contribution in [0.25, 0.3) is 0 Å². The minimum atomic E-state index is -0.842. The Bertz CT molecular complexity index is 1480. The molecule has 0 bridgehead atoms. The molecule has 0 aliphatic carbocycles. The zero-order chi connectivity index (χ0) is 67.7. The van der Waals surface area contributed by atoms with Gasteiger partial charge in [0, 0.05) is 12.8 Å². The number of rotatable bonds is 83. The number of hydrogen-bond acceptors (Lipinski definition) is 5. The molecule has 0 fully saturated rings. The van der Waals surface area contributed by atoms with Crippen LogP contribution in [-0.2, 0) is 14.3 Å². The van der Waals surface area contributed by atoms with Gasteiger partial charge >= 0.3 is 5.97 Å². The van der Waals surface area contributed by atoms with Gasteiger partial charge in [-0.3, -0.25) is 9.59 Å². The molecule has 3 N–H and O–H groups in total. The monoisotopic (exact) mass is 1320 g/mol. The summed E-state index contributed by atoms with van der Waals surface area (Å²) in [4.78, 5) is 24.7. The number of hydrogen-bond donors (Lipinski definition) is 3. The molecule has 0 spiro atoms. The number of allylic oxidation sites excluding steroid dienone is 3. The van der Waals surface area contributed by atoms with Gasteiger partial charge in [-0.15, -0.1) is 0 Å². The molecule has 1 amide bonds. The average Bonchev–Trinajstić information content (AvgIpc) is 3.61. The van der Waals surface area contributed by atoms with Crippen molar-refractivity contribution in [3.63, 3.8) is 0 Å². The van der Waals surface area contributed by atoms with Gasteiger partial charge in [0.15, 0.2) is 0 Å². The smallest absolute Gasteiger partial charge is 0.305 e. The lowest BCUT2D eigenvalue weighted by Gasteiger charge is -2.20. The molecule has 0 aromatic carbocycles. The molecule has 0 aliphatic rings. The van der Waals surface area contributed by atoms with Crippen LogP contribution in [-0.4, -0.2) is 47.4 Å². The van der Waals surface area contributed by atoms with Gasteiger partial charge in [0.05, 0.1) is 25.4 Å². The second-order valence-corrected chi connectivity index (χ2v) is 30.2. The van der Waals surface area contributed by atoms with Crippen LogP contribution in [0.5, 0.6) is 0 Å². The molecule has 94 heavy (non-hydrogen) atoms. The second kappa shape index (κ2) is 83.8. The molecular formula is C88H171NO5. The molecule has 0 aromatic heterocycles. The van der Waals surface area contributed by atoms with Crippen molar-refractivity contribution in [2.45, 2.75) is 514 Å². The molecule has 558 valence electrons. The summed E-state index contributed by atoms with van der Waals surface area (Å²) in [5, 5.41) is 23.3. The van der Waals surface area contributed by atoms with E-state index in [0.717, 1.165) is 38.5 Å². The summed E-state index contributed by atoms with van der Waals surface area (Å²) >= 11 is 0. The Morgan fingerprint density at radius 1 is 0.287 bits per heavy atom. The van der Waals surface area contributed by atoms with Crippen molar-refractivity contribution in [1.29, 1.82) is 0 Å². The Morgan fingerprint density at radius 3 is 0.755 bits per heavy atom. The van der Waals surface area contributed by atoms with Gasteiger partial charge in [-0.1, -0.05) is 456 Å². The van der Waals surface area contributed by atoms with Crippen molar-refractivity contribution >= 4 is 11.9 Å². The first kappa shape index (κ1) is 92.3. The predicted molar refractivity (Wildman–Crippen MR) is 417 cm³/mol. The molecule has 6 heteroatoms. The predicted octanol–water partition coefficient (Wildman–Crippen LogP) is 29.2. The minimum absolute atomic E-state index is 0.0232. The fraction of sp³-hybridized carbons (Fsp3) is 0.932. The first-order valence-electron chi connectivity index (χ1n) is 43.6. The zero-order valence-corrected chi connectivity index (χ0v) is 64.2. The van der Waals surface area contributed by atoms with Crippen LogP contribution < -0.4 is 5.32 Å². The van der Waals surface area contributed by atoms with Crippen molar-refractivity contribution < 1.29 is 24.5 Å². The molecule has 0 aromatic rings.